The zero-order valence-corrected chi connectivity index (χ0v) is 18.0. The van der Waals surface area contributed by atoms with E-state index < -0.39 is 6.10 Å². The Morgan fingerprint density at radius 1 is 1.33 bits per heavy atom. The van der Waals surface area contributed by atoms with Crippen LogP contribution in [0.4, 0.5) is 0 Å². The largest absolute Gasteiger partial charge is 0.489 e. The van der Waals surface area contributed by atoms with E-state index in [2.05, 4.69) is 15.0 Å². The van der Waals surface area contributed by atoms with Crippen molar-refractivity contribution in [3.63, 3.8) is 0 Å². The van der Waals surface area contributed by atoms with Gasteiger partial charge in [-0.2, -0.15) is 0 Å². The summed E-state index contributed by atoms with van der Waals surface area (Å²) in [6.07, 6.45) is 2.01. The van der Waals surface area contributed by atoms with Gasteiger partial charge in [-0.15, -0.1) is 0 Å². The molecule has 0 bridgehead atoms. The minimum Gasteiger partial charge on any atom is -0.489 e. The molecule has 166 valence electrons. The monoisotopic (exact) mass is 440 g/mol. The molecule has 30 heavy (non-hydrogen) atoms. The number of piperidine rings is 1. The summed E-state index contributed by atoms with van der Waals surface area (Å²) in [7, 11) is 1.38. The molecule has 0 radical (unpaired) electrons. The van der Waals surface area contributed by atoms with Crippen LogP contribution in [-0.4, -0.2) is 74.5 Å². The first-order valence-corrected chi connectivity index (χ1v) is 10.7. The molecule has 8 nitrogen and oxygen atoms in total. The first-order valence-electron chi connectivity index (χ1n) is 10.3. The molecule has 1 fully saturated rings. The molecule has 1 saturated heterocycles. The van der Waals surface area contributed by atoms with Gasteiger partial charge >= 0.3 is 5.97 Å². The number of aliphatic hydroxyl groups is 1. The van der Waals surface area contributed by atoms with E-state index in [1.165, 1.54) is 7.11 Å². The molecule has 2 aliphatic rings. The molecule has 2 aliphatic heterocycles. The number of halogens is 1. The fourth-order valence-corrected chi connectivity index (χ4v) is 3.97. The van der Waals surface area contributed by atoms with Crippen molar-refractivity contribution in [3.8, 4) is 11.5 Å². The number of β-amino-alcohol motifs (C(OH)–C–C–N with tert-alkyl or cyclic N) is 1. The summed E-state index contributed by atoms with van der Waals surface area (Å²) in [5.74, 6) is 0.329. The third kappa shape index (κ3) is 6.00. The Kier molecular flexibility index (Phi) is 8.18. The highest BCUT2D eigenvalue weighted by atomic mass is 35.5. The molecule has 1 amide bonds. The highest BCUT2D eigenvalue weighted by molar-refractivity contribution is 6.31. The highest BCUT2D eigenvalue weighted by Crippen LogP contribution is 2.36. The minimum atomic E-state index is -0.548. The predicted molar refractivity (Wildman–Crippen MR) is 111 cm³/mol. The molecule has 0 aliphatic carbocycles. The molecule has 1 aromatic rings. The van der Waals surface area contributed by atoms with E-state index in [4.69, 9.17) is 21.1 Å². The van der Waals surface area contributed by atoms with Crippen molar-refractivity contribution >= 4 is 23.5 Å². The molecule has 2 N–H and O–H groups in total. The standard InChI is InChI=1S/C21H29ClN2O6/c1-28-19(26)4-2-6-24-7-5-14(17(25)13-24)12-23-21(27)16-10-15(22)11-18-20(16)30-9-3-8-29-18/h10-11,14,17,25H,2-9,12-13H2,1H3,(H,23,27)/t14-,17+/m0/s1. The average molecular weight is 441 g/mol. The average Bonchev–Trinajstić information content (AvgIpc) is 2.97. The van der Waals surface area contributed by atoms with Crippen LogP contribution >= 0.6 is 11.6 Å². The smallest absolute Gasteiger partial charge is 0.305 e. The maximum absolute atomic E-state index is 12.8. The number of aliphatic hydroxyl groups excluding tert-OH is 1. The van der Waals surface area contributed by atoms with Crippen molar-refractivity contribution in [1.82, 2.24) is 10.2 Å². The number of nitrogens with zero attached hydrogens (tertiary/aromatic N) is 1. The number of rotatable bonds is 7. The molecule has 0 unspecified atom stereocenters. The number of methoxy groups -OCH3 is 1. The van der Waals surface area contributed by atoms with Gasteiger partial charge in [-0.3, -0.25) is 9.59 Å². The lowest BCUT2D eigenvalue weighted by molar-refractivity contribution is -0.140. The minimum absolute atomic E-state index is 0.0410. The molecule has 0 saturated carbocycles. The number of ether oxygens (including phenoxy) is 3. The fourth-order valence-electron chi connectivity index (χ4n) is 3.76. The van der Waals surface area contributed by atoms with Crippen molar-refractivity contribution < 1.29 is 28.9 Å². The number of carbonyl (C=O) groups excluding carboxylic acids is 2. The summed E-state index contributed by atoms with van der Waals surface area (Å²) in [5.41, 5.74) is 0.342. The number of esters is 1. The number of hydrogen-bond donors (Lipinski definition) is 2. The van der Waals surface area contributed by atoms with Crippen molar-refractivity contribution in [2.24, 2.45) is 5.92 Å². The Morgan fingerprint density at radius 3 is 2.90 bits per heavy atom. The maximum atomic E-state index is 12.8. The summed E-state index contributed by atoms with van der Waals surface area (Å²) in [6, 6.07) is 3.23. The van der Waals surface area contributed by atoms with Crippen LogP contribution in [0.5, 0.6) is 11.5 Å². The maximum Gasteiger partial charge on any atom is 0.305 e. The van der Waals surface area contributed by atoms with Crippen LogP contribution in [0.25, 0.3) is 0 Å². The normalized spacial score (nSPS) is 21.6. The number of amides is 1. The summed E-state index contributed by atoms with van der Waals surface area (Å²) in [6.45, 7) is 3.41. The van der Waals surface area contributed by atoms with Crippen molar-refractivity contribution in [2.75, 3.05) is 46.5 Å². The summed E-state index contributed by atoms with van der Waals surface area (Å²) < 4.78 is 16.0. The molecular weight excluding hydrogens is 412 g/mol. The van der Waals surface area contributed by atoms with Gasteiger partial charge in [-0.05, 0) is 32.0 Å². The van der Waals surface area contributed by atoms with Gasteiger partial charge in [0.05, 0.1) is 32.0 Å². The molecule has 3 rings (SSSR count). The fraction of sp³-hybridized carbons (Fsp3) is 0.619. The topological polar surface area (TPSA) is 97.3 Å². The van der Waals surface area contributed by atoms with Crippen LogP contribution in [0, 0.1) is 5.92 Å². The van der Waals surface area contributed by atoms with E-state index in [1.54, 1.807) is 12.1 Å². The van der Waals surface area contributed by atoms with Gasteiger partial charge < -0.3 is 29.5 Å². The van der Waals surface area contributed by atoms with Gasteiger partial charge in [-0.1, -0.05) is 11.6 Å². The van der Waals surface area contributed by atoms with Gasteiger partial charge in [0.1, 0.15) is 0 Å². The quantitative estimate of drug-likeness (QED) is 0.624. The molecule has 9 heteroatoms. The Bertz CT molecular complexity index is 759. The number of hydrogen-bond acceptors (Lipinski definition) is 7. The molecule has 0 spiro atoms. The van der Waals surface area contributed by atoms with Crippen LogP contribution in [0.15, 0.2) is 12.1 Å². The van der Waals surface area contributed by atoms with E-state index in [0.29, 0.717) is 61.2 Å². The molecule has 1 aromatic carbocycles. The Balaban J connectivity index is 1.51. The van der Waals surface area contributed by atoms with Gasteiger partial charge in [0.25, 0.3) is 5.91 Å². The summed E-state index contributed by atoms with van der Waals surface area (Å²) in [4.78, 5) is 26.1. The van der Waals surface area contributed by atoms with Crippen molar-refractivity contribution in [2.45, 2.75) is 31.8 Å². The Morgan fingerprint density at radius 2 is 2.13 bits per heavy atom. The zero-order chi connectivity index (χ0) is 21.5. The first-order chi connectivity index (χ1) is 14.5. The third-order valence-corrected chi connectivity index (χ3v) is 5.69. The van der Waals surface area contributed by atoms with Gasteiger partial charge in [0, 0.05) is 42.9 Å². The molecule has 2 atom stereocenters. The summed E-state index contributed by atoms with van der Waals surface area (Å²) >= 11 is 6.15. The third-order valence-electron chi connectivity index (χ3n) is 5.47. The van der Waals surface area contributed by atoms with Crippen LogP contribution in [-0.2, 0) is 9.53 Å². The number of fused-ring (bicyclic) bond motifs is 1. The zero-order valence-electron chi connectivity index (χ0n) is 17.2. The van der Waals surface area contributed by atoms with Crippen LogP contribution in [0.3, 0.4) is 0 Å². The lowest BCUT2D eigenvalue weighted by Crippen LogP contribution is -2.47. The van der Waals surface area contributed by atoms with E-state index in [0.717, 1.165) is 25.9 Å². The first kappa shape index (κ1) is 22.7. The van der Waals surface area contributed by atoms with Crippen LogP contribution in [0.1, 0.15) is 36.0 Å². The van der Waals surface area contributed by atoms with Crippen LogP contribution in [0.2, 0.25) is 5.02 Å². The lowest BCUT2D eigenvalue weighted by atomic mass is 9.93. The molecule has 2 heterocycles. The number of carbonyl (C=O) groups is 2. The van der Waals surface area contributed by atoms with Gasteiger partial charge in [0.2, 0.25) is 0 Å². The van der Waals surface area contributed by atoms with Crippen molar-refractivity contribution in [3.05, 3.63) is 22.7 Å². The second kappa shape index (κ2) is 10.8. The number of nitrogens with one attached hydrogen (secondary N) is 1. The summed E-state index contributed by atoms with van der Waals surface area (Å²) in [5, 5.41) is 13.8. The van der Waals surface area contributed by atoms with Crippen LogP contribution < -0.4 is 14.8 Å². The Labute approximate surface area is 181 Å². The van der Waals surface area contributed by atoms with E-state index in [1.807, 2.05) is 0 Å². The number of likely N-dealkylation sites (tertiary alicyclic amines) is 1. The van der Waals surface area contributed by atoms with Gasteiger partial charge in [0.15, 0.2) is 11.5 Å². The molecular formula is C21H29ClN2O6. The SMILES string of the molecule is COC(=O)CCCN1CC[C@@H](CNC(=O)c2cc(Cl)cc3c2OCCCO3)[C@H](O)C1. The second-order valence-corrected chi connectivity index (χ2v) is 8.07. The second-order valence-electron chi connectivity index (χ2n) is 7.64. The van der Waals surface area contributed by atoms with E-state index in [-0.39, 0.29) is 17.8 Å². The van der Waals surface area contributed by atoms with Gasteiger partial charge in [-0.25, -0.2) is 0 Å². The predicted octanol–water partition coefficient (Wildman–Crippen LogP) is 1.87. The van der Waals surface area contributed by atoms with E-state index >= 15 is 0 Å². The molecule has 0 aromatic heterocycles. The van der Waals surface area contributed by atoms with E-state index in [9.17, 15) is 14.7 Å². The lowest BCUT2D eigenvalue weighted by Gasteiger charge is -2.36. The highest BCUT2D eigenvalue weighted by Gasteiger charge is 2.29. The number of benzene rings is 1. The van der Waals surface area contributed by atoms with Crippen molar-refractivity contribution in [1.29, 1.82) is 0 Å². The Hall–Kier alpha value is -2.03.